The average Bonchev–Trinajstić information content (AvgIpc) is 3.23. The number of hydrogen-bond acceptors (Lipinski definition) is 5. The van der Waals surface area contributed by atoms with Crippen LogP contribution in [0.5, 0.6) is 5.75 Å². The monoisotopic (exact) mass is 330 g/mol. The Kier molecular flexibility index (Phi) is 3.92. The summed E-state index contributed by atoms with van der Waals surface area (Å²) in [6.07, 6.45) is 2.90. The molecule has 2 fully saturated rings. The standard InChI is InChI=1S/C18H22N2O4/c1-23-15-4-2-3-13-16(19-24-17(13)15)11-5-7-20(8-6-11)10-12-9-14(12)18(21)22/h2-4,11-12,14H,5-10H2,1H3,(H,21,22)/t12-,14+/m0/s1. The van der Waals surface area contributed by atoms with E-state index in [1.54, 1.807) is 7.11 Å². The van der Waals surface area contributed by atoms with Gasteiger partial charge in [-0.1, -0.05) is 11.2 Å². The van der Waals surface area contributed by atoms with Crippen LogP contribution in [0.2, 0.25) is 0 Å². The Bertz CT molecular complexity index is 749. The van der Waals surface area contributed by atoms with Crippen LogP contribution in [-0.4, -0.2) is 47.9 Å². The number of ether oxygens (including phenoxy) is 1. The Morgan fingerprint density at radius 3 is 2.88 bits per heavy atom. The fraction of sp³-hybridized carbons (Fsp3) is 0.556. The number of carboxylic acids is 1. The highest BCUT2D eigenvalue weighted by Crippen LogP contribution is 2.41. The lowest BCUT2D eigenvalue weighted by Crippen LogP contribution is -2.35. The number of nitrogens with zero attached hydrogens (tertiary/aromatic N) is 2. The van der Waals surface area contributed by atoms with Crippen molar-refractivity contribution in [2.24, 2.45) is 11.8 Å². The second-order valence-electron chi connectivity index (χ2n) is 6.92. The first-order valence-electron chi connectivity index (χ1n) is 8.55. The lowest BCUT2D eigenvalue weighted by molar-refractivity contribution is -0.138. The van der Waals surface area contributed by atoms with E-state index >= 15 is 0 Å². The first-order chi connectivity index (χ1) is 11.7. The zero-order valence-electron chi connectivity index (χ0n) is 13.8. The van der Waals surface area contributed by atoms with E-state index in [4.69, 9.17) is 14.4 Å². The summed E-state index contributed by atoms with van der Waals surface area (Å²) in [5.74, 6) is 0.699. The van der Waals surface area contributed by atoms with Gasteiger partial charge in [-0.3, -0.25) is 4.79 Å². The molecule has 0 spiro atoms. The van der Waals surface area contributed by atoms with Gasteiger partial charge in [0.15, 0.2) is 5.75 Å². The highest BCUT2D eigenvalue weighted by atomic mass is 16.5. The molecule has 2 aliphatic rings. The number of likely N-dealkylation sites (tertiary alicyclic amines) is 1. The lowest BCUT2D eigenvalue weighted by Gasteiger charge is -2.31. The van der Waals surface area contributed by atoms with Crippen molar-refractivity contribution in [1.29, 1.82) is 0 Å². The minimum atomic E-state index is -0.641. The molecule has 1 saturated heterocycles. The summed E-state index contributed by atoms with van der Waals surface area (Å²) in [6, 6.07) is 5.89. The van der Waals surface area contributed by atoms with E-state index in [1.165, 1.54) is 0 Å². The smallest absolute Gasteiger partial charge is 0.306 e. The number of aromatic nitrogens is 1. The van der Waals surface area contributed by atoms with Crippen molar-refractivity contribution in [3.05, 3.63) is 23.9 Å². The Labute approximate surface area is 140 Å². The molecule has 2 aromatic rings. The number of rotatable bonds is 5. The van der Waals surface area contributed by atoms with Crippen LogP contribution in [-0.2, 0) is 4.79 Å². The number of methoxy groups -OCH3 is 1. The second-order valence-corrected chi connectivity index (χ2v) is 6.92. The van der Waals surface area contributed by atoms with E-state index in [0.717, 1.165) is 61.3 Å². The van der Waals surface area contributed by atoms with Crippen molar-refractivity contribution < 1.29 is 19.2 Å². The molecule has 4 rings (SSSR count). The van der Waals surface area contributed by atoms with Crippen molar-refractivity contribution in [1.82, 2.24) is 10.1 Å². The molecule has 1 aliphatic heterocycles. The van der Waals surface area contributed by atoms with Gasteiger partial charge in [-0.2, -0.15) is 0 Å². The van der Waals surface area contributed by atoms with Crippen molar-refractivity contribution in [3.8, 4) is 5.75 Å². The first-order valence-corrected chi connectivity index (χ1v) is 8.55. The van der Waals surface area contributed by atoms with Gasteiger partial charge in [0.2, 0.25) is 5.58 Å². The molecule has 0 bridgehead atoms. The molecule has 0 radical (unpaired) electrons. The number of hydrogen-bond donors (Lipinski definition) is 1. The summed E-state index contributed by atoms with van der Waals surface area (Å²) in [4.78, 5) is 13.3. The SMILES string of the molecule is COc1cccc2c(C3CCN(C[C@@H]4C[C@H]4C(=O)O)CC3)noc12. The fourth-order valence-corrected chi connectivity index (χ4v) is 3.88. The number of piperidine rings is 1. The van der Waals surface area contributed by atoms with Gasteiger partial charge >= 0.3 is 5.97 Å². The van der Waals surface area contributed by atoms with Crippen LogP contribution in [0.15, 0.2) is 22.7 Å². The van der Waals surface area contributed by atoms with Crippen molar-refractivity contribution in [2.75, 3.05) is 26.7 Å². The highest BCUT2D eigenvalue weighted by Gasteiger charge is 2.44. The van der Waals surface area contributed by atoms with Crippen LogP contribution in [0.3, 0.4) is 0 Å². The van der Waals surface area contributed by atoms with Crippen molar-refractivity contribution in [3.63, 3.8) is 0 Å². The van der Waals surface area contributed by atoms with E-state index < -0.39 is 5.97 Å². The molecule has 1 aromatic carbocycles. The molecule has 1 aromatic heterocycles. The Hall–Kier alpha value is -2.08. The van der Waals surface area contributed by atoms with Crippen molar-refractivity contribution >= 4 is 16.9 Å². The minimum Gasteiger partial charge on any atom is -0.493 e. The normalized spacial score (nSPS) is 25.0. The van der Waals surface area contributed by atoms with Crippen LogP contribution in [0.1, 0.15) is 30.9 Å². The molecule has 0 unspecified atom stereocenters. The summed E-state index contributed by atoms with van der Waals surface area (Å²) >= 11 is 0. The molecule has 6 heteroatoms. The van der Waals surface area contributed by atoms with Gasteiger partial charge in [0.25, 0.3) is 0 Å². The number of benzene rings is 1. The molecule has 1 aliphatic carbocycles. The molecule has 1 N–H and O–H groups in total. The lowest BCUT2D eigenvalue weighted by atomic mass is 9.91. The predicted octanol–water partition coefficient (Wildman–Crippen LogP) is 2.74. The van der Waals surface area contributed by atoms with Crippen LogP contribution >= 0.6 is 0 Å². The van der Waals surface area contributed by atoms with Gasteiger partial charge in [-0.05, 0) is 50.4 Å². The third-order valence-electron chi connectivity index (χ3n) is 5.42. The molecule has 6 nitrogen and oxygen atoms in total. The van der Waals surface area contributed by atoms with Gasteiger partial charge in [0.1, 0.15) is 0 Å². The van der Waals surface area contributed by atoms with E-state index in [0.29, 0.717) is 11.8 Å². The largest absolute Gasteiger partial charge is 0.493 e. The Balaban J connectivity index is 1.40. The maximum absolute atomic E-state index is 11.0. The molecule has 2 atom stereocenters. The first kappa shape index (κ1) is 15.4. The van der Waals surface area contributed by atoms with Crippen LogP contribution in [0, 0.1) is 11.8 Å². The zero-order valence-corrected chi connectivity index (χ0v) is 13.8. The van der Waals surface area contributed by atoms with Crippen molar-refractivity contribution in [2.45, 2.75) is 25.2 Å². The maximum Gasteiger partial charge on any atom is 0.306 e. The molecule has 24 heavy (non-hydrogen) atoms. The molecule has 2 heterocycles. The number of aliphatic carboxylic acids is 1. The van der Waals surface area contributed by atoms with Crippen LogP contribution < -0.4 is 4.74 Å². The number of para-hydroxylation sites is 1. The maximum atomic E-state index is 11.0. The van der Waals surface area contributed by atoms with E-state index in [-0.39, 0.29) is 5.92 Å². The number of carbonyl (C=O) groups is 1. The third kappa shape index (κ3) is 2.75. The predicted molar refractivity (Wildman–Crippen MR) is 88.2 cm³/mol. The second kappa shape index (κ2) is 6.09. The summed E-state index contributed by atoms with van der Waals surface area (Å²) in [6.45, 7) is 2.90. The zero-order chi connectivity index (χ0) is 16.7. The molecular weight excluding hydrogens is 308 g/mol. The molecule has 0 amide bonds. The summed E-state index contributed by atoms with van der Waals surface area (Å²) in [5.41, 5.74) is 1.75. The number of fused-ring (bicyclic) bond motifs is 1. The van der Waals surface area contributed by atoms with Crippen LogP contribution in [0.4, 0.5) is 0 Å². The van der Waals surface area contributed by atoms with Gasteiger partial charge in [-0.15, -0.1) is 0 Å². The van der Waals surface area contributed by atoms with Gasteiger partial charge in [0.05, 0.1) is 18.7 Å². The summed E-state index contributed by atoms with van der Waals surface area (Å²) in [5, 5.41) is 14.4. The number of carboxylic acid groups (broad SMARTS) is 1. The third-order valence-corrected chi connectivity index (χ3v) is 5.42. The van der Waals surface area contributed by atoms with E-state index in [9.17, 15) is 4.79 Å². The highest BCUT2D eigenvalue weighted by molar-refractivity contribution is 5.85. The Morgan fingerprint density at radius 1 is 1.42 bits per heavy atom. The Morgan fingerprint density at radius 2 is 2.21 bits per heavy atom. The van der Waals surface area contributed by atoms with E-state index in [2.05, 4.69) is 10.1 Å². The topological polar surface area (TPSA) is 75.8 Å². The van der Waals surface area contributed by atoms with E-state index in [1.807, 2.05) is 18.2 Å². The fourth-order valence-electron chi connectivity index (χ4n) is 3.88. The van der Waals surface area contributed by atoms with Gasteiger partial charge < -0.3 is 19.3 Å². The average molecular weight is 330 g/mol. The molecule has 1 saturated carbocycles. The molecular formula is C18H22N2O4. The van der Waals surface area contributed by atoms with Gasteiger partial charge in [0, 0.05) is 17.8 Å². The van der Waals surface area contributed by atoms with Crippen LogP contribution in [0.25, 0.3) is 11.0 Å². The summed E-state index contributed by atoms with van der Waals surface area (Å²) < 4.78 is 10.8. The van der Waals surface area contributed by atoms with Gasteiger partial charge in [-0.25, -0.2) is 0 Å². The minimum absolute atomic E-state index is 0.116. The summed E-state index contributed by atoms with van der Waals surface area (Å²) in [7, 11) is 1.64. The molecule has 128 valence electrons. The quantitative estimate of drug-likeness (QED) is 0.908.